The second-order valence-electron chi connectivity index (χ2n) is 8.06. The Morgan fingerprint density at radius 2 is 1.94 bits per heavy atom. The summed E-state index contributed by atoms with van der Waals surface area (Å²) in [5, 5.41) is 13.1. The molecule has 0 fully saturated rings. The molecule has 0 aliphatic heterocycles. The van der Waals surface area contributed by atoms with Gasteiger partial charge in [-0.05, 0) is 62.5 Å². The van der Waals surface area contributed by atoms with Gasteiger partial charge in [-0.3, -0.25) is 9.20 Å². The number of hydrogen-bond acceptors (Lipinski definition) is 4. The molecule has 1 amide bonds. The minimum Gasteiger partial charge on any atom is -0.346 e. The van der Waals surface area contributed by atoms with Crippen molar-refractivity contribution in [2.45, 2.75) is 45.2 Å². The Morgan fingerprint density at radius 3 is 2.74 bits per heavy atom. The average Bonchev–Trinajstić information content (AvgIpc) is 3.37. The largest absolute Gasteiger partial charge is 0.346 e. The summed E-state index contributed by atoms with van der Waals surface area (Å²) < 4.78 is 4.24. The van der Waals surface area contributed by atoms with E-state index in [0.717, 1.165) is 23.6 Å². The summed E-state index contributed by atoms with van der Waals surface area (Å²) >= 11 is 1.77. The van der Waals surface area contributed by atoms with Crippen LogP contribution in [-0.4, -0.2) is 37.1 Å². The van der Waals surface area contributed by atoms with E-state index in [2.05, 4.69) is 70.6 Å². The van der Waals surface area contributed by atoms with Crippen LogP contribution in [-0.2, 0) is 11.2 Å². The second kappa shape index (κ2) is 9.56. The standard InChI is InChI=1S/C24H29N5OS/c1-17(2)29-16-18(19-8-4-5-9-21(19)29)11-12-23(30)25-20(13-15-31-3)24-27-26-22-10-6-7-14-28(22)24/h4-10,14,16-17,20H,11-13,15H2,1-3H3,(H,25,30). The fraction of sp³-hybridized carbons (Fsp3) is 0.375. The molecule has 0 saturated heterocycles. The lowest BCUT2D eigenvalue weighted by atomic mass is 10.1. The molecule has 1 unspecified atom stereocenters. The van der Waals surface area contributed by atoms with Crippen LogP contribution in [0.25, 0.3) is 16.6 Å². The molecule has 1 N–H and O–H groups in total. The Labute approximate surface area is 187 Å². The van der Waals surface area contributed by atoms with Crippen LogP contribution >= 0.6 is 11.8 Å². The number of para-hydroxylation sites is 1. The van der Waals surface area contributed by atoms with E-state index in [1.807, 2.05) is 28.8 Å². The zero-order valence-electron chi connectivity index (χ0n) is 18.3. The van der Waals surface area contributed by atoms with Gasteiger partial charge in [0.25, 0.3) is 0 Å². The molecule has 0 saturated carbocycles. The van der Waals surface area contributed by atoms with Crippen molar-refractivity contribution in [2.24, 2.45) is 0 Å². The highest BCUT2D eigenvalue weighted by Crippen LogP contribution is 2.26. The number of benzene rings is 1. The van der Waals surface area contributed by atoms with E-state index in [1.165, 1.54) is 16.5 Å². The highest BCUT2D eigenvalue weighted by Gasteiger charge is 2.20. The molecule has 162 valence electrons. The van der Waals surface area contributed by atoms with Gasteiger partial charge in [0.15, 0.2) is 11.5 Å². The lowest BCUT2D eigenvalue weighted by Crippen LogP contribution is -2.30. The number of nitrogens with one attached hydrogen (secondary N) is 1. The van der Waals surface area contributed by atoms with Gasteiger partial charge in [0.2, 0.25) is 5.91 Å². The summed E-state index contributed by atoms with van der Waals surface area (Å²) in [6, 6.07) is 14.5. The third kappa shape index (κ3) is 4.61. The van der Waals surface area contributed by atoms with E-state index in [-0.39, 0.29) is 11.9 Å². The molecule has 4 rings (SSSR count). The molecule has 6 nitrogen and oxygen atoms in total. The maximum Gasteiger partial charge on any atom is 0.220 e. The van der Waals surface area contributed by atoms with E-state index < -0.39 is 0 Å². The van der Waals surface area contributed by atoms with Crippen molar-refractivity contribution < 1.29 is 4.79 Å². The highest BCUT2D eigenvalue weighted by molar-refractivity contribution is 7.98. The van der Waals surface area contributed by atoms with Crippen LogP contribution < -0.4 is 5.32 Å². The number of carbonyl (C=O) groups is 1. The first-order chi connectivity index (χ1) is 15.1. The first-order valence-corrected chi connectivity index (χ1v) is 12.1. The fourth-order valence-corrected chi connectivity index (χ4v) is 4.49. The average molecular weight is 436 g/mol. The molecule has 0 spiro atoms. The van der Waals surface area contributed by atoms with Gasteiger partial charge in [-0.25, -0.2) is 0 Å². The van der Waals surface area contributed by atoms with Crippen LogP contribution in [0.2, 0.25) is 0 Å². The topological polar surface area (TPSA) is 64.2 Å². The molecule has 7 heteroatoms. The van der Waals surface area contributed by atoms with Gasteiger partial charge in [-0.1, -0.05) is 24.3 Å². The summed E-state index contributed by atoms with van der Waals surface area (Å²) in [5.41, 5.74) is 3.23. The molecule has 1 aromatic carbocycles. The van der Waals surface area contributed by atoms with Crippen LogP contribution in [0.1, 0.15) is 50.2 Å². The number of fused-ring (bicyclic) bond motifs is 2. The third-order valence-electron chi connectivity index (χ3n) is 5.60. The Bertz CT molecular complexity index is 1180. The molecule has 0 aliphatic rings. The monoisotopic (exact) mass is 435 g/mol. The van der Waals surface area contributed by atoms with Crippen LogP contribution in [0, 0.1) is 0 Å². The number of pyridine rings is 1. The summed E-state index contributed by atoms with van der Waals surface area (Å²) in [6.07, 6.45) is 8.19. The second-order valence-corrected chi connectivity index (χ2v) is 9.05. The van der Waals surface area contributed by atoms with Crippen molar-refractivity contribution in [1.29, 1.82) is 0 Å². The first-order valence-electron chi connectivity index (χ1n) is 10.7. The lowest BCUT2D eigenvalue weighted by Gasteiger charge is -2.17. The van der Waals surface area contributed by atoms with E-state index in [0.29, 0.717) is 18.9 Å². The quantitative estimate of drug-likeness (QED) is 0.410. The Hall–Kier alpha value is -2.80. The van der Waals surface area contributed by atoms with Crippen molar-refractivity contribution in [3.8, 4) is 0 Å². The van der Waals surface area contributed by atoms with Gasteiger partial charge >= 0.3 is 0 Å². The number of aromatic nitrogens is 4. The van der Waals surface area contributed by atoms with Gasteiger partial charge < -0.3 is 9.88 Å². The summed E-state index contributed by atoms with van der Waals surface area (Å²) in [7, 11) is 0. The van der Waals surface area contributed by atoms with Crippen LogP contribution in [0.4, 0.5) is 0 Å². The van der Waals surface area contributed by atoms with Crippen LogP contribution in [0.5, 0.6) is 0 Å². The zero-order valence-corrected chi connectivity index (χ0v) is 19.1. The van der Waals surface area contributed by atoms with Crippen molar-refractivity contribution in [1.82, 2.24) is 24.5 Å². The molecule has 0 radical (unpaired) electrons. The van der Waals surface area contributed by atoms with E-state index in [4.69, 9.17) is 0 Å². The van der Waals surface area contributed by atoms with Gasteiger partial charge in [-0.2, -0.15) is 11.8 Å². The number of carbonyl (C=O) groups excluding carboxylic acids is 1. The number of amides is 1. The van der Waals surface area contributed by atoms with Gasteiger partial charge in [0.05, 0.1) is 6.04 Å². The molecular formula is C24H29N5OS. The van der Waals surface area contributed by atoms with Gasteiger partial charge in [-0.15, -0.1) is 10.2 Å². The maximum atomic E-state index is 12.9. The SMILES string of the molecule is CSCCC(NC(=O)CCc1cn(C(C)C)c2ccccc12)c1nnc2ccccn12. The number of nitrogens with zero attached hydrogens (tertiary/aromatic N) is 4. The predicted octanol–water partition coefficient (Wildman–Crippen LogP) is 4.81. The molecule has 3 aromatic heterocycles. The number of aryl methyl sites for hydroxylation is 1. The summed E-state index contributed by atoms with van der Waals surface area (Å²) in [4.78, 5) is 12.9. The fourth-order valence-electron chi connectivity index (χ4n) is 4.02. The highest BCUT2D eigenvalue weighted by atomic mass is 32.2. The molecule has 3 heterocycles. The number of hydrogen-bond donors (Lipinski definition) is 1. The number of rotatable bonds is 9. The molecule has 31 heavy (non-hydrogen) atoms. The number of thioether (sulfide) groups is 1. The minimum atomic E-state index is -0.158. The van der Waals surface area contributed by atoms with Crippen LogP contribution in [0.3, 0.4) is 0 Å². The molecule has 4 aromatic rings. The normalized spacial score (nSPS) is 12.6. The van der Waals surface area contributed by atoms with E-state index in [9.17, 15) is 4.79 Å². The maximum absolute atomic E-state index is 12.9. The van der Waals surface area contributed by atoms with Crippen molar-refractivity contribution in [3.05, 3.63) is 66.2 Å². The minimum absolute atomic E-state index is 0.0418. The smallest absolute Gasteiger partial charge is 0.220 e. The third-order valence-corrected chi connectivity index (χ3v) is 6.24. The zero-order chi connectivity index (χ0) is 21.8. The van der Waals surface area contributed by atoms with Crippen LogP contribution in [0.15, 0.2) is 54.9 Å². The Kier molecular flexibility index (Phi) is 6.61. The van der Waals surface area contributed by atoms with Gasteiger partial charge in [0, 0.05) is 35.8 Å². The molecule has 0 bridgehead atoms. The van der Waals surface area contributed by atoms with Crippen molar-refractivity contribution in [3.63, 3.8) is 0 Å². The molecule has 1 atom stereocenters. The van der Waals surface area contributed by atoms with Crippen molar-refractivity contribution in [2.75, 3.05) is 12.0 Å². The molecular weight excluding hydrogens is 406 g/mol. The summed E-state index contributed by atoms with van der Waals surface area (Å²) in [6.45, 7) is 4.37. The summed E-state index contributed by atoms with van der Waals surface area (Å²) in [5.74, 6) is 1.77. The van der Waals surface area contributed by atoms with E-state index >= 15 is 0 Å². The Morgan fingerprint density at radius 1 is 1.13 bits per heavy atom. The first kappa shape index (κ1) is 21.4. The lowest BCUT2D eigenvalue weighted by molar-refractivity contribution is -0.121. The Balaban J connectivity index is 1.49. The van der Waals surface area contributed by atoms with E-state index in [1.54, 1.807) is 11.8 Å². The van der Waals surface area contributed by atoms with Gasteiger partial charge in [0.1, 0.15) is 0 Å². The predicted molar refractivity (Wildman–Crippen MR) is 128 cm³/mol. The molecule has 0 aliphatic carbocycles. The van der Waals surface area contributed by atoms with Crippen molar-refractivity contribution >= 4 is 34.2 Å².